The summed E-state index contributed by atoms with van der Waals surface area (Å²) < 4.78 is 0. The van der Waals surface area contributed by atoms with Crippen molar-refractivity contribution < 1.29 is 4.79 Å². The SMILES string of the molecule is C[C@@H](c1ccc(-c2ccc(CC(N)=O)cc2)cc1)N1CCCCC1. The van der Waals surface area contributed by atoms with E-state index < -0.39 is 0 Å². The van der Waals surface area contributed by atoms with Crippen molar-refractivity contribution in [1.29, 1.82) is 0 Å². The Morgan fingerprint density at radius 2 is 1.50 bits per heavy atom. The van der Waals surface area contributed by atoms with Gasteiger partial charge in [0.15, 0.2) is 0 Å². The number of nitrogens with two attached hydrogens (primary N) is 1. The Morgan fingerprint density at radius 1 is 0.958 bits per heavy atom. The van der Waals surface area contributed by atoms with Gasteiger partial charge in [0.05, 0.1) is 6.42 Å². The maximum atomic E-state index is 11.0. The van der Waals surface area contributed by atoms with E-state index in [-0.39, 0.29) is 5.91 Å². The minimum absolute atomic E-state index is 0.293. The van der Waals surface area contributed by atoms with Crippen LogP contribution in [-0.2, 0) is 11.2 Å². The number of piperidine rings is 1. The number of benzene rings is 2. The number of rotatable bonds is 5. The quantitative estimate of drug-likeness (QED) is 0.906. The maximum Gasteiger partial charge on any atom is 0.221 e. The molecule has 3 rings (SSSR count). The molecule has 0 aliphatic carbocycles. The molecular formula is C21H26N2O. The van der Waals surface area contributed by atoms with Crippen LogP contribution in [0.4, 0.5) is 0 Å². The number of hydrogen-bond acceptors (Lipinski definition) is 2. The monoisotopic (exact) mass is 322 g/mol. The summed E-state index contributed by atoms with van der Waals surface area (Å²) in [5.74, 6) is -0.293. The Morgan fingerprint density at radius 3 is 2.04 bits per heavy atom. The Labute approximate surface area is 144 Å². The smallest absolute Gasteiger partial charge is 0.221 e. The van der Waals surface area contributed by atoms with Crippen LogP contribution in [0.5, 0.6) is 0 Å². The third kappa shape index (κ3) is 4.04. The highest BCUT2D eigenvalue weighted by atomic mass is 16.1. The molecule has 24 heavy (non-hydrogen) atoms. The summed E-state index contributed by atoms with van der Waals surface area (Å²) in [5.41, 5.74) is 9.95. The number of likely N-dealkylation sites (tertiary alicyclic amines) is 1. The predicted octanol–water partition coefficient (Wildman–Crippen LogP) is 3.93. The predicted molar refractivity (Wildman–Crippen MR) is 98.6 cm³/mol. The van der Waals surface area contributed by atoms with Crippen LogP contribution in [0.25, 0.3) is 11.1 Å². The highest BCUT2D eigenvalue weighted by molar-refractivity contribution is 5.77. The molecule has 2 N–H and O–H groups in total. The normalized spacial score (nSPS) is 16.7. The van der Waals surface area contributed by atoms with Gasteiger partial charge >= 0.3 is 0 Å². The van der Waals surface area contributed by atoms with Crippen molar-refractivity contribution in [3.8, 4) is 11.1 Å². The van der Waals surface area contributed by atoms with Crippen LogP contribution in [0.1, 0.15) is 43.4 Å². The van der Waals surface area contributed by atoms with E-state index in [9.17, 15) is 4.79 Å². The molecule has 126 valence electrons. The van der Waals surface area contributed by atoms with E-state index in [0.29, 0.717) is 12.5 Å². The van der Waals surface area contributed by atoms with Crippen molar-refractivity contribution >= 4 is 5.91 Å². The summed E-state index contributed by atoms with van der Waals surface area (Å²) in [5, 5.41) is 0. The molecule has 1 aliphatic heterocycles. The maximum absolute atomic E-state index is 11.0. The first-order valence-corrected chi connectivity index (χ1v) is 8.85. The van der Waals surface area contributed by atoms with Crippen LogP contribution < -0.4 is 5.73 Å². The summed E-state index contributed by atoms with van der Waals surface area (Å²) in [7, 11) is 0. The third-order valence-corrected chi connectivity index (χ3v) is 5.00. The van der Waals surface area contributed by atoms with E-state index in [1.807, 2.05) is 12.1 Å². The average molecular weight is 322 g/mol. The van der Waals surface area contributed by atoms with Gasteiger partial charge in [0.25, 0.3) is 0 Å². The standard InChI is InChI=1S/C21H26N2O/c1-16(23-13-3-2-4-14-23)18-9-11-20(12-10-18)19-7-5-17(6-8-19)15-21(22)24/h5-12,16H,2-4,13-15H2,1H3,(H2,22,24)/t16-/m0/s1. The first kappa shape index (κ1) is 16.7. The number of carbonyl (C=O) groups is 1. The fraction of sp³-hybridized carbons (Fsp3) is 0.381. The van der Waals surface area contributed by atoms with Crippen LogP contribution in [0.15, 0.2) is 48.5 Å². The lowest BCUT2D eigenvalue weighted by Gasteiger charge is -2.32. The molecule has 0 radical (unpaired) electrons. The zero-order valence-electron chi connectivity index (χ0n) is 14.4. The first-order chi connectivity index (χ1) is 11.6. The number of carbonyl (C=O) groups excluding carboxylic acids is 1. The van der Waals surface area contributed by atoms with Crippen LogP contribution in [0.3, 0.4) is 0 Å². The van der Waals surface area contributed by atoms with Gasteiger partial charge in [0.2, 0.25) is 5.91 Å². The fourth-order valence-electron chi connectivity index (χ4n) is 3.49. The lowest BCUT2D eigenvalue weighted by atomic mass is 9.98. The minimum atomic E-state index is -0.293. The van der Waals surface area contributed by atoms with Crippen molar-refractivity contribution in [2.24, 2.45) is 5.73 Å². The van der Waals surface area contributed by atoms with Gasteiger partial charge in [-0.3, -0.25) is 9.69 Å². The van der Waals surface area contributed by atoms with Crippen molar-refractivity contribution in [2.75, 3.05) is 13.1 Å². The van der Waals surface area contributed by atoms with E-state index in [0.717, 1.165) is 5.56 Å². The van der Waals surface area contributed by atoms with E-state index >= 15 is 0 Å². The summed E-state index contributed by atoms with van der Waals surface area (Å²) in [6.45, 7) is 4.73. The van der Waals surface area contributed by atoms with Gasteiger partial charge in [-0.25, -0.2) is 0 Å². The molecule has 1 heterocycles. The van der Waals surface area contributed by atoms with E-state index in [2.05, 4.69) is 48.2 Å². The van der Waals surface area contributed by atoms with Gasteiger partial charge in [-0.1, -0.05) is 55.0 Å². The van der Waals surface area contributed by atoms with Crippen molar-refractivity contribution in [1.82, 2.24) is 4.90 Å². The Kier molecular flexibility index (Phi) is 5.31. The molecule has 1 fully saturated rings. The fourth-order valence-corrected chi connectivity index (χ4v) is 3.49. The van der Waals surface area contributed by atoms with E-state index in [1.54, 1.807) is 0 Å². The molecule has 3 nitrogen and oxygen atoms in total. The van der Waals surface area contributed by atoms with Gasteiger partial charge < -0.3 is 5.73 Å². The van der Waals surface area contributed by atoms with Crippen molar-refractivity contribution in [2.45, 2.75) is 38.6 Å². The second kappa shape index (κ2) is 7.63. The molecule has 2 aromatic carbocycles. The molecule has 0 spiro atoms. The highest BCUT2D eigenvalue weighted by Gasteiger charge is 2.17. The van der Waals surface area contributed by atoms with Crippen LogP contribution in [0.2, 0.25) is 0 Å². The molecule has 1 amide bonds. The topological polar surface area (TPSA) is 46.3 Å². The number of amides is 1. The van der Waals surface area contributed by atoms with Crippen LogP contribution in [-0.4, -0.2) is 23.9 Å². The highest BCUT2D eigenvalue weighted by Crippen LogP contribution is 2.27. The van der Waals surface area contributed by atoms with Gasteiger partial charge in [0.1, 0.15) is 0 Å². The molecule has 0 saturated carbocycles. The molecule has 3 heteroatoms. The molecule has 2 aromatic rings. The van der Waals surface area contributed by atoms with Crippen molar-refractivity contribution in [3.05, 3.63) is 59.7 Å². The Balaban J connectivity index is 1.70. The summed E-state index contributed by atoms with van der Waals surface area (Å²) in [4.78, 5) is 13.6. The molecule has 1 atom stereocenters. The largest absolute Gasteiger partial charge is 0.369 e. The zero-order valence-corrected chi connectivity index (χ0v) is 14.4. The van der Waals surface area contributed by atoms with Crippen LogP contribution in [0, 0.1) is 0 Å². The van der Waals surface area contributed by atoms with Gasteiger partial charge in [0, 0.05) is 6.04 Å². The van der Waals surface area contributed by atoms with Gasteiger partial charge in [-0.05, 0) is 55.1 Å². The molecule has 1 saturated heterocycles. The molecule has 1 aliphatic rings. The minimum Gasteiger partial charge on any atom is -0.369 e. The third-order valence-electron chi connectivity index (χ3n) is 5.00. The van der Waals surface area contributed by atoms with Crippen molar-refractivity contribution in [3.63, 3.8) is 0 Å². The Bertz CT molecular complexity index is 670. The summed E-state index contributed by atoms with van der Waals surface area (Å²) in [6.07, 6.45) is 4.31. The molecule has 0 bridgehead atoms. The number of hydrogen-bond donors (Lipinski definition) is 1. The lowest BCUT2D eigenvalue weighted by Crippen LogP contribution is -2.32. The zero-order chi connectivity index (χ0) is 16.9. The summed E-state index contributed by atoms with van der Waals surface area (Å²) in [6, 6.07) is 17.4. The second-order valence-corrected chi connectivity index (χ2v) is 6.73. The molecule has 0 aromatic heterocycles. The molecule has 0 unspecified atom stereocenters. The lowest BCUT2D eigenvalue weighted by molar-refractivity contribution is -0.117. The van der Waals surface area contributed by atoms with E-state index in [4.69, 9.17) is 5.73 Å². The van der Waals surface area contributed by atoms with Gasteiger partial charge in [-0.15, -0.1) is 0 Å². The number of primary amides is 1. The average Bonchev–Trinajstić information content (AvgIpc) is 2.62. The van der Waals surface area contributed by atoms with Crippen LogP contribution >= 0.6 is 0 Å². The second-order valence-electron chi connectivity index (χ2n) is 6.73. The summed E-state index contributed by atoms with van der Waals surface area (Å²) >= 11 is 0. The Hall–Kier alpha value is -2.13. The van der Waals surface area contributed by atoms with E-state index in [1.165, 1.54) is 49.0 Å². The van der Waals surface area contributed by atoms with Gasteiger partial charge in [-0.2, -0.15) is 0 Å². The molecular weight excluding hydrogens is 296 g/mol. The first-order valence-electron chi connectivity index (χ1n) is 8.85. The number of nitrogens with zero attached hydrogens (tertiary/aromatic N) is 1.